The summed E-state index contributed by atoms with van der Waals surface area (Å²) >= 11 is 0. The van der Waals surface area contributed by atoms with Crippen molar-refractivity contribution in [2.24, 2.45) is 11.8 Å². The van der Waals surface area contributed by atoms with Gasteiger partial charge in [0.25, 0.3) is 5.91 Å². The quantitative estimate of drug-likeness (QED) is 0.561. The minimum absolute atomic E-state index is 0.0691. The lowest BCUT2D eigenvalue weighted by molar-refractivity contribution is 0.0912. The van der Waals surface area contributed by atoms with Crippen molar-refractivity contribution in [3.8, 4) is 0 Å². The highest BCUT2D eigenvalue weighted by molar-refractivity contribution is 5.96. The highest BCUT2D eigenvalue weighted by atomic mass is 16.1. The molecule has 2 aromatic rings. The Morgan fingerprint density at radius 3 is 2.38 bits per heavy atom. The van der Waals surface area contributed by atoms with Crippen LogP contribution in [0, 0.1) is 25.7 Å². The molecule has 2 saturated carbocycles. The first-order valence-electron chi connectivity index (χ1n) is 11.6. The molecule has 2 aliphatic carbocycles. The van der Waals surface area contributed by atoms with E-state index in [4.69, 9.17) is 0 Å². The average molecular weight is 390 g/mol. The SMILES string of the molecule is Cc1cccc(C(=O)N[C@@H](c2ccc(CCC3CC3)cc2)C2CCCCC2)c1C. The van der Waals surface area contributed by atoms with Crippen molar-refractivity contribution in [3.05, 3.63) is 70.3 Å². The zero-order chi connectivity index (χ0) is 20.2. The summed E-state index contributed by atoms with van der Waals surface area (Å²) in [6.45, 7) is 4.12. The summed E-state index contributed by atoms with van der Waals surface area (Å²) in [6, 6.07) is 15.2. The van der Waals surface area contributed by atoms with Gasteiger partial charge in [0.2, 0.25) is 0 Å². The smallest absolute Gasteiger partial charge is 0.252 e. The van der Waals surface area contributed by atoms with Crippen LogP contribution < -0.4 is 5.32 Å². The maximum Gasteiger partial charge on any atom is 0.252 e. The van der Waals surface area contributed by atoms with Crippen LogP contribution in [0.25, 0.3) is 0 Å². The molecule has 2 fully saturated rings. The van der Waals surface area contributed by atoms with Gasteiger partial charge in [-0.2, -0.15) is 0 Å². The molecule has 1 N–H and O–H groups in total. The summed E-state index contributed by atoms with van der Waals surface area (Å²) < 4.78 is 0. The van der Waals surface area contributed by atoms with Crippen LogP contribution in [0.3, 0.4) is 0 Å². The second-order valence-corrected chi connectivity index (χ2v) is 9.32. The lowest BCUT2D eigenvalue weighted by Crippen LogP contribution is -2.34. The number of benzene rings is 2. The molecule has 29 heavy (non-hydrogen) atoms. The van der Waals surface area contributed by atoms with Gasteiger partial charge in [0, 0.05) is 5.56 Å². The number of nitrogens with one attached hydrogen (secondary N) is 1. The summed E-state index contributed by atoms with van der Waals surface area (Å²) in [6.07, 6.45) is 11.7. The Morgan fingerprint density at radius 2 is 1.69 bits per heavy atom. The summed E-state index contributed by atoms with van der Waals surface area (Å²) in [5.74, 6) is 1.58. The number of amides is 1. The fraction of sp³-hybridized carbons (Fsp3) is 0.519. The van der Waals surface area contributed by atoms with E-state index in [0.29, 0.717) is 5.92 Å². The molecule has 0 aromatic heterocycles. The number of carbonyl (C=O) groups is 1. The summed E-state index contributed by atoms with van der Waals surface area (Å²) in [5.41, 5.74) is 5.77. The lowest BCUT2D eigenvalue weighted by Gasteiger charge is -2.31. The minimum Gasteiger partial charge on any atom is -0.345 e. The van der Waals surface area contributed by atoms with Crippen LogP contribution in [0.2, 0.25) is 0 Å². The number of aryl methyl sites for hydroxylation is 2. The van der Waals surface area contributed by atoms with Crippen molar-refractivity contribution in [2.75, 3.05) is 0 Å². The molecule has 0 radical (unpaired) electrons. The largest absolute Gasteiger partial charge is 0.345 e. The predicted molar refractivity (Wildman–Crippen MR) is 120 cm³/mol. The third kappa shape index (κ3) is 5.10. The lowest BCUT2D eigenvalue weighted by atomic mass is 9.80. The molecule has 154 valence electrons. The summed E-state index contributed by atoms with van der Waals surface area (Å²) in [4.78, 5) is 13.2. The molecule has 0 aliphatic heterocycles. The molecular weight excluding hydrogens is 354 g/mol. The van der Waals surface area contributed by atoms with Gasteiger partial charge in [-0.15, -0.1) is 0 Å². The maximum atomic E-state index is 13.2. The Hall–Kier alpha value is -2.09. The normalized spacial score (nSPS) is 18.4. The third-order valence-electron chi connectivity index (χ3n) is 7.13. The van der Waals surface area contributed by atoms with E-state index in [9.17, 15) is 4.79 Å². The van der Waals surface area contributed by atoms with Crippen LogP contribution >= 0.6 is 0 Å². The molecule has 2 heteroatoms. The van der Waals surface area contributed by atoms with Crippen molar-refractivity contribution >= 4 is 5.91 Å². The molecule has 0 spiro atoms. The zero-order valence-electron chi connectivity index (χ0n) is 18.0. The van der Waals surface area contributed by atoms with Gasteiger partial charge >= 0.3 is 0 Å². The Morgan fingerprint density at radius 1 is 0.966 bits per heavy atom. The Kier molecular flexibility index (Phi) is 6.37. The highest BCUT2D eigenvalue weighted by Gasteiger charge is 2.27. The monoisotopic (exact) mass is 389 g/mol. The molecule has 2 nitrogen and oxygen atoms in total. The van der Waals surface area contributed by atoms with Crippen LogP contribution in [-0.2, 0) is 6.42 Å². The molecule has 0 bridgehead atoms. The van der Waals surface area contributed by atoms with Crippen molar-refractivity contribution in [2.45, 2.75) is 77.7 Å². The molecule has 2 aromatic carbocycles. The van der Waals surface area contributed by atoms with Crippen molar-refractivity contribution in [3.63, 3.8) is 0 Å². The van der Waals surface area contributed by atoms with E-state index in [1.807, 2.05) is 12.1 Å². The van der Waals surface area contributed by atoms with Crippen LogP contribution in [0.1, 0.15) is 90.0 Å². The van der Waals surface area contributed by atoms with Gasteiger partial charge in [-0.1, -0.05) is 68.5 Å². The Balaban J connectivity index is 1.52. The first-order valence-corrected chi connectivity index (χ1v) is 11.6. The fourth-order valence-corrected chi connectivity index (χ4v) is 4.83. The van der Waals surface area contributed by atoms with Crippen molar-refractivity contribution < 1.29 is 4.79 Å². The number of hydrogen-bond acceptors (Lipinski definition) is 1. The number of rotatable bonds is 7. The topological polar surface area (TPSA) is 29.1 Å². The molecule has 0 saturated heterocycles. The van der Waals surface area contributed by atoms with Gasteiger partial charge in [-0.25, -0.2) is 0 Å². The van der Waals surface area contributed by atoms with E-state index in [1.165, 1.54) is 74.5 Å². The molecule has 0 heterocycles. The van der Waals surface area contributed by atoms with Crippen LogP contribution in [0.4, 0.5) is 0 Å². The Bertz CT molecular complexity index is 828. The van der Waals surface area contributed by atoms with E-state index in [-0.39, 0.29) is 11.9 Å². The molecule has 1 atom stereocenters. The molecule has 2 aliphatic rings. The average Bonchev–Trinajstić information content (AvgIpc) is 3.58. The van der Waals surface area contributed by atoms with Crippen molar-refractivity contribution in [1.29, 1.82) is 0 Å². The zero-order valence-corrected chi connectivity index (χ0v) is 18.0. The van der Waals surface area contributed by atoms with Crippen molar-refractivity contribution in [1.82, 2.24) is 5.32 Å². The van der Waals surface area contributed by atoms with Gasteiger partial charge in [0.1, 0.15) is 0 Å². The van der Waals surface area contributed by atoms with Gasteiger partial charge < -0.3 is 5.32 Å². The van der Waals surface area contributed by atoms with Crippen LogP contribution in [-0.4, -0.2) is 5.91 Å². The van der Waals surface area contributed by atoms with Gasteiger partial charge in [0.05, 0.1) is 6.04 Å². The minimum atomic E-state index is 0.0691. The predicted octanol–water partition coefficient (Wildman–Crippen LogP) is 6.70. The highest BCUT2D eigenvalue weighted by Crippen LogP contribution is 2.36. The van der Waals surface area contributed by atoms with Crippen LogP contribution in [0.15, 0.2) is 42.5 Å². The molecule has 0 unspecified atom stereocenters. The molecule has 4 rings (SSSR count). The number of hydrogen-bond donors (Lipinski definition) is 1. The second-order valence-electron chi connectivity index (χ2n) is 9.32. The van der Waals surface area contributed by atoms with E-state index >= 15 is 0 Å². The fourth-order valence-electron chi connectivity index (χ4n) is 4.83. The van der Waals surface area contributed by atoms with Gasteiger partial charge in [-0.3, -0.25) is 4.79 Å². The number of carbonyl (C=O) groups excluding carboxylic acids is 1. The van der Waals surface area contributed by atoms with E-state index in [2.05, 4.69) is 49.5 Å². The molecular formula is C27H35NO. The summed E-state index contributed by atoms with van der Waals surface area (Å²) in [7, 11) is 0. The summed E-state index contributed by atoms with van der Waals surface area (Å²) in [5, 5.41) is 3.43. The third-order valence-corrected chi connectivity index (χ3v) is 7.13. The maximum absolute atomic E-state index is 13.2. The van der Waals surface area contributed by atoms with E-state index in [1.54, 1.807) is 0 Å². The van der Waals surface area contributed by atoms with E-state index in [0.717, 1.165) is 17.0 Å². The van der Waals surface area contributed by atoms with Crippen LogP contribution in [0.5, 0.6) is 0 Å². The standard InChI is InChI=1S/C27H35NO/c1-19-7-6-10-25(20(19)2)27(29)28-26(23-8-4-3-5-9-23)24-17-15-22(16-18-24)14-13-21-11-12-21/h6-7,10,15-18,21,23,26H,3-5,8-9,11-14H2,1-2H3,(H,28,29)/t26-/m1/s1. The Labute approximate surface area is 176 Å². The van der Waals surface area contributed by atoms with Gasteiger partial charge in [-0.05, 0) is 79.7 Å². The first kappa shape index (κ1) is 20.2. The van der Waals surface area contributed by atoms with Gasteiger partial charge in [0.15, 0.2) is 0 Å². The first-order chi connectivity index (χ1) is 14.1. The van der Waals surface area contributed by atoms with E-state index < -0.39 is 0 Å². The molecule has 1 amide bonds. The second kappa shape index (κ2) is 9.15.